The van der Waals surface area contributed by atoms with E-state index in [0.717, 1.165) is 4.90 Å². The maximum Gasteiger partial charge on any atom is 0.262 e. The highest BCUT2D eigenvalue weighted by Gasteiger charge is 2.46. The van der Waals surface area contributed by atoms with Crippen LogP contribution in [0.25, 0.3) is 43.7 Å². The first-order valence-electron chi connectivity index (χ1n) is 11.7. The highest BCUT2D eigenvalue weighted by atomic mass is 35.5. The first kappa shape index (κ1) is 22.9. The summed E-state index contributed by atoms with van der Waals surface area (Å²) < 4.78 is 7.94. The summed E-state index contributed by atoms with van der Waals surface area (Å²) in [6.45, 7) is 0. The van der Waals surface area contributed by atoms with Crippen LogP contribution in [0.5, 0.6) is 0 Å². The van der Waals surface area contributed by atoms with E-state index in [1.165, 1.54) is 7.05 Å². The normalized spacial score (nSPS) is 26.3. The molecule has 0 radical (unpaired) electrons. The van der Waals surface area contributed by atoms with Gasteiger partial charge < -0.3 is 24.5 Å². The Hall–Kier alpha value is -3.21. The van der Waals surface area contributed by atoms with Crippen molar-refractivity contribution < 1.29 is 24.5 Å². The summed E-state index contributed by atoms with van der Waals surface area (Å²) in [6.07, 6.45) is -2.71. The van der Waals surface area contributed by atoms with E-state index >= 15 is 0 Å². The lowest BCUT2D eigenvalue weighted by atomic mass is 9.97. The third kappa shape index (κ3) is 2.83. The Kier molecular flexibility index (Phi) is 4.90. The molecule has 0 aliphatic carbocycles. The number of para-hydroxylation sites is 1. The van der Waals surface area contributed by atoms with Crippen molar-refractivity contribution in [1.82, 2.24) is 19.4 Å². The second kappa shape index (κ2) is 7.89. The van der Waals surface area contributed by atoms with Gasteiger partial charge in [-0.3, -0.25) is 14.5 Å². The summed E-state index contributed by atoms with van der Waals surface area (Å²) in [7, 11) is 1.47. The largest absolute Gasteiger partial charge is 0.389 e. The second-order valence-electron chi connectivity index (χ2n) is 9.45. The second-order valence-corrected chi connectivity index (χ2v) is 10.3. The average Bonchev–Trinajstić information content (AvgIpc) is 3.53. The smallest absolute Gasteiger partial charge is 0.262 e. The van der Waals surface area contributed by atoms with Gasteiger partial charge in [0.05, 0.1) is 38.9 Å². The number of alkyl halides is 2. The molecule has 0 bridgehead atoms. The highest BCUT2D eigenvalue weighted by Crippen LogP contribution is 2.47. The average molecular weight is 539 g/mol. The van der Waals surface area contributed by atoms with E-state index in [4.69, 9.17) is 27.9 Å². The molecule has 2 aliphatic rings. The zero-order valence-corrected chi connectivity index (χ0v) is 20.9. The van der Waals surface area contributed by atoms with Crippen LogP contribution in [0, 0.1) is 0 Å². The van der Waals surface area contributed by atoms with Crippen LogP contribution in [-0.2, 0) is 4.74 Å². The van der Waals surface area contributed by atoms with Gasteiger partial charge in [-0.15, -0.1) is 23.2 Å². The monoisotopic (exact) mass is 538 g/mol. The van der Waals surface area contributed by atoms with Crippen molar-refractivity contribution in [2.24, 2.45) is 0 Å². The summed E-state index contributed by atoms with van der Waals surface area (Å²) >= 11 is 12.6. The number of fused-ring (bicyclic) bond motifs is 10. The molecule has 188 valence electrons. The molecular weight excluding hydrogens is 519 g/mol. The minimum Gasteiger partial charge on any atom is -0.389 e. The lowest BCUT2D eigenvalue weighted by Gasteiger charge is -2.40. The molecule has 3 aromatic heterocycles. The molecule has 1 saturated heterocycles. The summed E-state index contributed by atoms with van der Waals surface area (Å²) in [5, 5.41) is 23.2. The minimum absolute atomic E-state index is 0.0381. The number of amides is 2. The van der Waals surface area contributed by atoms with Gasteiger partial charge in [0.1, 0.15) is 24.0 Å². The summed E-state index contributed by atoms with van der Waals surface area (Å²) in [6, 6.07) is 11.0. The van der Waals surface area contributed by atoms with E-state index in [2.05, 4.69) is 9.97 Å². The van der Waals surface area contributed by atoms with E-state index < -0.39 is 41.7 Å². The number of carbonyl (C=O) groups is 2. The van der Waals surface area contributed by atoms with Gasteiger partial charge in [-0.2, -0.15) is 0 Å². The van der Waals surface area contributed by atoms with Crippen LogP contribution in [0.3, 0.4) is 0 Å². The molecule has 5 atom stereocenters. The van der Waals surface area contributed by atoms with E-state index in [0.29, 0.717) is 49.3 Å². The molecular formula is C26H20Cl2N4O5. The number of hydrogen-bond donors (Lipinski definition) is 3. The lowest BCUT2D eigenvalue weighted by molar-refractivity contribution is -0.184. The number of benzene rings is 2. The summed E-state index contributed by atoms with van der Waals surface area (Å²) in [5.74, 6) is -0.847. The Morgan fingerprint density at radius 1 is 1.03 bits per heavy atom. The molecule has 0 saturated carbocycles. The van der Waals surface area contributed by atoms with Crippen LogP contribution >= 0.6 is 23.2 Å². The van der Waals surface area contributed by atoms with Crippen molar-refractivity contribution in [2.45, 2.75) is 29.9 Å². The fourth-order valence-corrected chi connectivity index (χ4v) is 6.38. The molecule has 37 heavy (non-hydrogen) atoms. The number of halogens is 2. The SMILES string of the molecule is CN1C(=O)c2c(c3c4ccccc4n([C@@H]4O[C@H](CCl)[C@@H](O)[C@@H](Cl)[C@H]4O)c3c3[nH]c4ncccc4c23)C1=O. The van der Waals surface area contributed by atoms with Crippen molar-refractivity contribution in [2.75, 3.05) is 12.9 Å². The Morgan fingerprint density at radius 2 is 1.73 bits per heavy atom. The molecule has 0 spiro atoms. The first-order chi connectivity index (χ1) is 17.8. The van der Waals surface area contributed by atoms with Crippen molar-refractivity contribution in [3.05, 3.63) is 53.7 Å². The molecule has 9 nitrogen and oxygen atoms in total. The quantitative estimate of drug-likeness (QED) is 0.233. The van der Waals surface area contributed by atoms with Crippen LogP contribution in [0.4, 0.5) is 0 Å². The number of aliphatic hydroxyl groups excluding tert-OH is 2. The van der Waals surface area contributed by atoms with Crippen molar-refractivity contribution in [3.63, 3.8) is 0 Å². The Balaban J connectivity index is 1.71. The fourth-order valence-electron chi connectivity index (χ4n) is 5.84. The number of aromatic amines is 1. The number of hydrogen-bond acceptors (Lipinski definition) is 6. The topological polar surface area (TPSA) is 121 Å². The zero-order chi connectivity index (χ0) is 25.7. The Morgan fingerprint density at radius 3 is 2.49 bits per heavy atom. The van der Waals surface area contributed by atoms with Crippen LogP contribution in [0.2, 0.25) is 0 Å². The molecule has 2 amide bonds. The number of imide groups is 1. The van der Waals surface area contributed by atoms with Gasteiger partial charge in [0.2, 0.25) is 0 Å². The number of carbonyl (C=O) groups excluding carboxylic acids is 2. The van der Waals surface area contributed by atoms with Gasteiger partial charge >= 0.3 is 0 Å². The number of nitrogens with zero attached hydrogens (tertiary/aromatic N) is 3. The van der Waals surface area contributed by atoms with Gasteiger partial charge in [-0.05, 0) is 18.2 Å². The number of rotatable bonds is 2. The first-order valence-corrected chi connectivity index (χ1v) is 12.7. The molecule has 2 aliphatic heterocycles. The molecule has 3 N–H and O–H groups in total. The van der Waals surface area contributed by atoms with Crippen LogP contribution in [0.1, 0.15) is 26.9 Å². The molecule has 1 fully saturated rings. The summed E-state index contributed by atoms with van der Waals surface area (Å²) in [5.41, 5.74) is 2.94. The molecule has 0 unspecified atom stereocenters. The van der Waals surface area contributed by atoms with Gasteiger partial charge in [-0.1, -0.05) is 18.2 Å². The van der Waals surface area contributed by atoms with Crippen molar-refractivity contribution >= 4 is 78.8 Å². The summed E-state index contributed by atoms with van der Waals surface area (Å²) in [4.78, 5) is 35.8. The van der Waals surface area contributed by atoms with Gasteiger partial charge in [0.15, 0.2) is 6.23 Å². The number of aromatic nitrogens is 3. The number of aliphatic hydroxyl groups is 2. The van der Waals surface area contributed by atoms with Crippen LogP contribution in [-0.4, -0.2) is 78.1 Å². The van der Waals surface area contributed by atoms with E-state index in [-0.39, 0.29) is 11.4 Å². The van der Waals surface area contributed by atoms with Gasteiger partial charge in [0, 0.05) is 34.8 Å². The lowest BCUT2D eigenvalue weighted by Crippen LogP contribution is -2.53. The molecule has 7 rings (SSSR count). The molecule has 2 aromatic carbocycles. The molecule has 11 heteroatoms. The Labute approximate surface area is 219 Å². The van der Waals surface area contributed by atoms with Crippen molar-refractivity contribution in [1.29, 1.82) is 0 Å². The molecule has 5 aromatic rings. The standard InChI is InChI=1S/C26H20Cl2N4O5/c1-31-24(35)16-14-11-6-4-8-29-23(11)30-19(14)20-15(17(16)25(31)36)10-5-2-3-7-12(10)32(20)26-22(34)18(28)21(33)13(9-27)37-26/h2-8,13,18,21-22,26,33-34H,9H2,1H3,(H,29,30)/t13-,18-,21-,22-,26-/m1/s1. The number of H-pyrrole nitrogens is 1. The van der Waals surface area contributed by atoms with Crippen LogP contribution in [0.15, 0.2) is 42.6 Å². The Bertz CT molecular complexity index is 1790. The third-order valence-electron chi connectivity index (χ3n) is 7.55. The highest BCUT2D eigenvalue weighted by molar-refractivity contribution is 6.39. The fraction of sp³-hybridized carbons (Fsp3) is 0.269. The van der Waals surface area contributed by atoms with E-state index in [1.54, 1.807) is 16.8 Å². The number of nitrogens with one attached hydrogen (secondary N) is 1. The third-order valence-corrected chi connectivity index (χ3v) is 8.37. The van der Waals surface area contributed by atoms with Crippen LogP contribution < -0.4 is 0 Å². The van der Waals surface area contributed by atoms with E-state index in [1.807, 2.05) is 30.3 Å². The van der Waals surface area contributed by atoms with Gasteiger partial charge in [-0.25, -0.2) is 4.98 Å². The van der Waals surface area contributed by atoms with Gasteiger partial charge in [0.25, 0.3) is 11.8 Å². The minimum atomic E-state index is -1.30. The van der Waals surface area contributed by atoms with Crippen molar-refractivity contribution in [3.8, 4) is 0 Å². The van der Waals surface area contributed by atoms with E-state index in [9.17, 15) is 19.8 Å². The molecule has 5 heterocycles. The predicted octanol–water partition coefficient (Wildman–Crippen LogP) is 3.52. The zero-order valence-electron chi connectivity index (χ0n) is 19.4. The maximum absolute atomic E-state index is 13.5. The number of pyridine rings is 1. The number of ether oxygens (including phenoxy) is 1. The maximum atomic E-state index is 13.5. The predicted molar refractivity (Wildman–Crippen MR) is 139 cm³/mol.